The van der Waals surface area contributed by atoms with Gasteiger partial charge < -0.3 is 24.8 Å². The minimum atomic E-state index is -0.359. The van der Waals surface area contributed by atoms with Crippen LogP contribution in [0.2, 0.25) is 0 Å². The zero-order valence-electron chi connectivity index (χ0n) is 19.9. The molecule has 0 aromatic heterocycles. The summed E-state index contributed by atoms with van der Waals surface area (Å²) in [7, 11) is 0. The summed E-state index contributed by atoms with van der Waals surface area (Å²) in [5.41, 5.74) is 0. The van der Waals surface area contributed by atoms with Crippen LogP contribution < -0.4 is 0 Å². The molecule has 0 aliphatic carbocycles. The van der Waals surface area contributed by atoms with Gasteiger partial charge in [-0.1, -0.05) is 71.1 Å². The fourth-order valence-electron chi connectivity index (χ4n) is 3.65. The molecular weight excluding hydrogens is 403 g/mol. The van der Waals surface area contributed by atoms with Gasteiger partial charge in [-0.25, -0.2) is 0 Å². The van der Waals surface area contributed by atoms with Crippen LogP contribution in [0.3, 0.4) is 0 Å². The van der Waals surface area contributed by atoms with Crippen LogP contribution in [0, 0.1) is 0 Å². The second-order valence-electron chi connectivity index (χ2n) is 8.56. The molecule has 2 unspecified atom stereocenters. The molecule has 0 amide bonds. The Morgan fingerprint density at radius 2 is 1.06 bits per heavy atom. The van der Waals surface area contributed by atoms with Crippen LogP contribution in [0.4, 0.5) is 0 Å². The van der Waals surface area contributed by atoms with E-state index in [0.717, 1.165) is 110 Å². The van der Waals surface area contributed by atoms with Crippen molar-refractivity contribution in [3.05, 3.63) is 0 Å². The Hall–Kier alpha value is 0.800. The summed E-state index contributed by atoms with van der Waals surface area (Å²) in [4.78, 5) is 0. The van der Waals surface area contributed by atoms with Crippen LogP contribution in [-0.2, 0) is 9.47 Å². The van der Waals surface area contributed by atoms with Crippen LogP contribution >= 0.6 is 0 Å². The standard InChI is InChI=1S/C25H52O5.Na.H/c1-2-3-4-10-17-24(28)25(18-11-9-13-20-27)30-23-16-8-7-15-22-29-21-14-6-5-12-19-26;;/h24-28H,2-23H2,1H3;;. The molecule has 5 nitrogen and oxygen atoms in total. The van der Waals surface area contributed by atoms with Gasteiger partial charge in [0.1, 0.15) is 0 Å². The fraction of sp³-hybridized carbons (Fsp3) is 1.00. The van der Waals surface area contributed by atoms with E-state index in [1.807, 2.05) is 0 Å². The third-order valence-electron chi connectivity index (χ3n) is 5.64. The van der Waals surface area contributed by atoms with E-state index in [2.05, 4.69) is 6.92 Å². The maximum absolute atomic E-state index is 10.6. The summed E-state index contributed by atoms with van der Waals surface area (Å²) < 4.78 is 11.7. The summed E-state index contributed by atoms with van der Waals surface area (Å²) in [6.45, 7) is 5.15. The van der Waals surface area contributed by atoms with E-state index in [0.29, 0.717) is 6.61 Å². The Balaban J connectivity index is 0. The van der Waals surface area contributed by atoms with Crippen LogP contribution in [0.15, 0.2) is 0 Å². The van der Waals surface area contributed by atoms with Crippen molar-refractivity contribution >= 4 is 29.6 Å². The molecule has 0 aromatic rings. The van der Waals surface area contributed by atoms with Crippen LogP contribution in [0.25, 0.3) is 0 Å². The van der Waals surface area contributed by atoms with Crippen molar-refractivity contribution in [2.75, 3.05) is 33.0 Å². The maximum atomic E-state index is 10.6. The zero-order valence-corrected chi connectivity index (χ0v) is 19.9. The molecule has 0 aliphatic heterocycles. The topological polar surface area (TPSA) is 79.2 Å². The van der Waals surface area contributed by atoms with Crippen molar-refractivity contribution in [2.45, 2.75) is 128 Å². The molecule has 0 fully saturated rings. The average molecular weight is 457 g/mol. The second kappa shape index (κ2) is 28.8. The summed E-state index contributed by atoms with van der Waals surface area (Å²) in [6.07, 6.45) is 17.5. The summed E-state index contributed by atoms with van der Waals surface area (Å²) in [5, 5.41) is 28.2. The van der Waals surface area contributed by atoms with E-state index in [4.69, 9.17) is 19.7 Å². The number of aliphatic hydroxyl groups is 3. The number of rotatable bonds is 25. The van der Waals surface area contributed by atoms with Crippen LogP contribution in [-0.4, -0.2) is 90.1 Å². The second-order valence-corrected chi connectivity index (χ2v) is 8.56. The molecule has 0 bridgehead atoms. The molecule has 184 valence electrons. The number of hydrogen-bond acceptors (Lipinski definition) is 5. The molecule has 0 rings (SSSR count). The molecule has 0 aromatic carbocycles. The average Bonchev–Trinajstić information content (AvgIpc) is 2.75. The quantitative estimate of drug-likeness (QED) is 0.137. The fourth-order valence-corrected chi connectivity index (χ4v) is 3.65. The van der Waals surface area contributed by atoms with Gasteiger partial charge in [-0.3, -0.25) is 0 Å². The Morgan fingerprint density at radius 3 is 1.65 bits per heavy atom. The van der Waals surface area contributed by atoms with Crippen molar-refractivity contribution in [2.24, 2.45) is 0 Å². The van der Waals surface area contributed by atoms with Crippen molar-refractivity contribution in [3.8, 4) is 0 Å². The summed E-state index contributed by atoms with van der Waals surface area (Å²) in [6, 6.07) is 0. The molecule has 0 spiro atoms. The van der Waals surface area contributed by atoms with Gasteiger partial charge in [0.25, 0.3) is 0 Å². The van der Waals surface area contributed by atoms with Crippen LogP contribution in [0.5, 0.6) is 0 Å². The number of aliphatic hydroxyl groups excluding tert-OH is 3. The molecule has 0 aliphatic rings. The van der Waals surface area contributed by atoms with Crippen molar-refractivity contribution < 1.29 is 24.8 Å². The van der Waals surface area contributed by atoms with Gasteiger partial charge in [0.15, 0.2) is 0 Å². The minimum absolute atomic E-state index is 0. The van der Waals surface area contributed by atoms with Crippen LogP contribution in [0.1, 0.15) is 116 Å². The molecule has 0 radical (unpaired) electrons. The molecule has 31 heavy (non-hydrogen) atoms. The predicted molar refractivity (Wildman–Crippen MR) is 132 cm³/mol. The third-order valence-corrected chi connectivity index (χ3v) is 5.64. The third kappa shape index (κ3) is 25.3. The van der Waals surface area contributed by atoms with E-state index in [1.165, 1.54) is 19.3 Å². The Labute approximate surface area is 215 Å². The zero-order chi connectivity index (χ0) is 22.1. The van der Waals surface area contributed by atoms with Crippen molar-refractivity contribution in [1.29, 1.82) is 0 Å². The first-order valence-electron chi connectivity index (χ1n) is 12.8. The SMILES string of the molecule is CCCCCCC(O)C(CCCCCO)OCCCCCCOCCCCCCO.[NaH]. The molecule has 0 saturated carbocycles. The Kier molecular flexibility index (Phi) is 31.6. The predicted octanol–water partition coefficient (Wildman–Crippen LogP) is 4.74. The Morgan fingerprint density at radius 1 is 0.581 bits per heavy atom. The van der Waals surface area contributed by atoms with Gasteiger partial charge in [-0.05, 0) is 44.9 Å². The molecular formula is C25H53NaO5. The van der Waals surface area contributed by atoms with Gasteiger partial charge >= 0.3 is 29.6 Å². The van der Waals surface area contributed by atoms with Gasteiger partial charge in [0.2, 0.25) is 0 Å². The van der Waals surface area contributed by atoms with E-state index in [-0.39, 0.29) is 48.4 Å². The van der Waals surface area contributed by atoms with Gasteiger partial charge in [-0.15, -0.1) is 0 Å². The molecule has 0 heterocycles. The van der Waals surface area contributed by atoms with Crippen molar-refractivity contribution in [1.82, 2.24) is 0 Å². The van der Waals surface area contributed by atoms with Crippen molar-refractivity contribution in [3.63, 3.8) is 0 Å². The molecule has 2 atom stereocenters. The van der Waals surface area contributed by atoms with Gasteiger partial charge in [0.05, 0.1) is 12.2 Å². The molecule has 6 heteroatoms. The van der Waals surface area contributed by atoms with E-state index < -0.39 is 0 Å². The first kappa shape index (κ1) is 34.0. The normalized spacial score (nSPS) is 13.2. The van der Waals surface area contributed by atoms with E-state index in [1.54, 1.807) is 0 Å². The number of hydrogen-bond donors (Lipinski definition) is 3. The van der Waals surface area contributed by atoms with Gasteiger partial charge in [0, 0.05) is 33.0 Å². The summed E-state index contributed by atoms with van der Waals surface area (Å²) >= 11 is 0. The number of ether oxygens (including phenoxy) is 2. The first-order valence-corrected chi connectivity index (χ1v) is 12.8. The molecule has 0 saturated heterocycles. The molecule has 3 N–H and O–H groups in total. The number of unbranched alkanes of at least 4 members (excludes halogenated alkanes) is 11. The van der Waals surface area contributed by atoms with Gasteiger partial charge in [-0.2, -0.15) is 0 Å². The summed E-state index contributed by atoms with van der Waals surface area (Å²) in [5.74, 6) is 0. The van der Waals surface area contributed by atoms with E-state index in [9.17, 15) is 5.11 Å². The monoisotopic (exact) mass is 456 g/mol. The Bertz CT molecular complexity index is 320. The first-order chi connectivity index (χ1) is 14.8. The van der Waals surface area contributed by atoms with E-state index >= 15 is 0 Å².